The van der Waals surface area contributed by atoms with Gasteiger partial charge in [0.05, 0.1) is 6.54 Å². The molecule has 1 aliphatic rings. The van der Waals surface area contributed by atoms with Gasteiger partial charge in [0.25, 0.3) is 0 Å². The number of hydrogen-bond donors (Lipinski definition) is 0. The first-order valence-electron chi connectivity index (χ1n) is 11.8. The van der Waals surface area contributed by atoms with Crippen LogP contribution in [0.2, 0.25) is 0 Å². The minimum atomic E-state index is 0.151. The molecule has 0 spiro atoms. The van der Waals surface area contributed by atoms with Gasteiger partial charge in [0.2, 0.25) is 5.91 Å². The minimum Gasteiger partial charge on any atom is -0.378 e. The number of carbonyl (C=O) groups excluding carboxylic acids is 1. The second kappa shape index (κ2) is 10.0. The summed E-state index contributed by atoms with van der Waals surface area (Å²) in [5.74, 6) is 0.431. The van der Waals surface area contributed by atoms with Crippen LogP contribution in [0.25, 0.3) is 11.1 Å². The third kappa shape index (κ3) is 5.04. The number of anilines is 2. The second-order valence-corrected chi connectivity index (χ2v) is 9.18. The second-order valence-electron chi connectivity index (χ2n) is 9.18. The van der Waals surface area contributed by atoms with E-state index in [1.165, 1.54) is 36.1 Å². The molecule has 0 radical (unpaired) electrons. The lowest BCUT2D eigenvalue weighted by Gasteiger charge is -2.30. The molecular formula is C29H34N2O. The Labute approximate surface area is 192 Å². The van der Waals surface area contributed by atoms with Gasteiger partial charge < -0.3 is 9.80 Å². The summed E-state index contributed by atoms with van der Waals surface area (Å²) in [4.78, 5) is 17.7. The molecule has 3 heteroatoms. The molecule has 1 amide bonds. The van der Waals surface area contributed by atoms with Crippen molar-refractivity contribution in [3.63, 3.8) is 0 Å². The summed E-state index contributed by atoms with van der Waals surface area (Å²) >= 11 is 0. The van der Waals surface area contributed by atoms with Crippen molar-refractivity contribution in [1.29, 1.82) is 0 Å². The molecule has 3 aromatic rings. The highest BCUT2D eigenvalue weighted by molar-refractivity contribution is 5.95. The molecule has 1 fully saturated rings. The summed E-state index contributed by atoms with van der Waals surface area (Å²) in [5.41, 5.74) is 6.93. The van der Waals surface area contributed by atoms with Gasteiger partial charge in [-0.1, -0.05) is 73.9 Å². The number of rotatable bonds is 6. The summed E-state index contributed by atoms with van der Waals surface area (Å²) in [5, 5.41) is 0. The topological polar surface area (TPSA) is 23.6 Å². The molecule has 0 aromatic heterocycles. The lowest BCUT2D eigenvalue weighted by molar-refractivity contribution is -0.123. The average molecular weight is 427 g/mol. The van der Waals surface area contributed by atoms with Crippen LogP contribution >= 0.6 is 0 Å². The van der Waals surface area contributed by atoms with Crippen molar-refractivity contribution >= 4 is 17.3 Å². The lowest BCUT2D eigenvalue weighted by Crippen LogP contribution is -2.37. The molecule has 4 rings (SSSR count). The Bertz CT molecular complexity index is 1030. The van der Waals surface area contributed by atoms with Gasteiger partial charge >= 0.3 is 0 Å². The van der Waals surface area contributed by atoms with Crippen LogP contribution < -0.4 is 9.80 Å². The monoisotopic (exact) mass is 426 g/mol. The predicted molar refractivity (Wildman–Crippen MR) is 135 cm³/mol. The van der Waals surface area contributed by atoms with E-state index in [2.05, 4.69) is 86.6 Å². The molecule has 0 unspecified atom stereocenters. The van der Waals surface area contributed by atoms with Crippen molar-refractivity contribution in [1.82, 2.24) is 0 Å². The summed E-state index contributed by atoms with van der Waals surface area (Å²) in [6.07, 6.45) is 5.62. The lowest BCUT2D eigenvalue weighted by atomic mass is 9.88. The van der Waals surface area contributed by atoms with Crippen LogP contribution in [-0.4, -0.2) is 20.0 Å². The molecule has 0 aliphatic heterocycles. The third-order valence-corrected chi connectivity index (χ3v) is 6.64. The van der Waals surface area contributed by atoms with E-state index in [1.807, 2.05) is 17.0 Å². The van der Waals surface area contributed by atoms with Gasteiger partial charge in [-0.2, -0.15) is 0 Å². The standard InChI is InChI=1S/C29H34N2O/c1-22-9-7-8-12-28(22)31(29(32)26-10-5-4-6-11-26)21-23-13-15-24(16-14-23)25-17-19-27(20-18-25)30(2)3/h7-9,12-20,26H,4-6,10-11,21H2,1-3H3. The number of amides is 1. The van der Waals surface area contributed by atoms with E-state index in [0.717, 1.165) is 29.7 Å². The van der Waals surface area contributed by atoms with Crippen LogP contribution in [0.15, 0.2) is 72.8 Å². The van der Waals surface area contributed by atoms with E-state index < -0.39 is 0 Å². The van der Waals surface area contributed by atoms with E-state index in [0.29, 0.717) is 6.54 Å². The summed E-state index contributed by atoms with van der Waals surface area (Å²) in [7, 11) is 4.11. The summed E-state index contributed by atoms with van der Waals surface area (Å²) < 4.78 is 0. The van der Waals surface area contributed by atoms with Gasteiger partial charge in [0.15, 0.2) is 0 Å². The zero-order valence-corrected chi connectivity index (χ0v) is 19.6. The highest BCUT2D eigenvalue weighted by atomic mass is 16.2. The molecule has 32 heavy (non-hydrogen) atoms. The fraction of sp³-hybridized carbons (Fsp3) is 0.345. The van der Waals surface area contributed by atoms with E-state index in [9.17, 15) is 4.79 Å². The number of para-hydroxylation sites is 1. The van der Waals surface area contributed by atoms with Crippen molar-refractivity contribution in [2.24, 2.45) is 5.92 Å². The first kappa shape index (κ1) is 22.1. The maximum atomic E-state index is 13.6. The Kier molecular flexibility index (Phi) is 6.94. The molecule has 1 aliphatic carbocycles. The largest absolute Gasteiger partial charge is 0.378 e. The number of nitrogens with zero attached hydrogens (tertiary/aromatic N) is 2. The highest BCUT2D eigenvalue weighted by Crippen LogP contribution is 2.30. The van der Waals surface area contributed by atoms with Gasteiger partial charge in [0.1, 0.15) is 0 Å². The van der Waals surface area contributed by atoms with Gasteiger partial charge in [0, 0.05) is 31.4 Å². The van der Waals surface area contributed by atoms with Crippen molar-refractivity contribution in [3.8, 4) is 11.1 Å². The van der Waals surface area contributed by atoms with Crippen LogP contribution in [0.3, 0.4) is 0 Å². The normalized spacial score (nSPS) is 14.2. The molecule has 3 aromatic carbocycles. The van der Waals surface area contributed by atoms with Gasteiger partial charge in [-0.15, -0.1) is 0 Å². The Morgan fingerprint density at radius 2 is 1.41 bits per heavy atom. The van der Waals surface area contributed by atoms with Crippen molar-refractivity contribution in [3.05, 3.63) is 83.9 Å². The number of benzene rings is 3. The Morgan fingerprint density at radius 3 is 2.00 bits per heavy atom. The highest BCUT2D eigenvalue weighted by Gasteiger charge is 2.27. The smallest absolute Gasteiger partial charge is 0.230 e. The van der Waals surface area contributed by atoms with Crippen LogP contribution in [0.4, 0.5) is 11.4 Å². The van der Waals surface area contributed by atoms with Crippen LogP contribution in [-0.2, 0) is 11.3 Å². The quantitative estimate of drug-likeness (QED) is 0.431. The zero-order valence-electron chi connectivity index (χ0n) is 19.6. The van der Waals surface area contributed by atoms with E-state index in [1.54, 1.807) is 0 Å². The third-order valence-electron chi connectivity index (χ3n) is 6.64. The van der Waals surface area contributed by atoms with Crippen LogP contribution in [0.1, 0.15) is 43.2 Å². The van der Waals surface area contributed by atoms with Gasteiger partial charge in [-0.05, 0) is 60.2 Å². The van der Waals surface area contributed by atoms with Crippen LogP contribution in [0.5, 0.6) is 0 Å². The van der Waals surface area contributed by atoms with Crippen LogP contribution in [0, 0.1) is 12.8 Å². The fourth-order valence-corrected chi connectivity index (χ4v) is 4.66. The predicted octanol–water partition coefficient (Wildman–Crippen LogP) is 6.84. The van der Waals surface area contributed by atoms with E-state index >= 15 is 0 Å². The Morgan fingerprint density at radius 1 is 0.812 bits per heavy atom. The van der Waals surface area contributed by atoms with Crippen molar-refractivity contribution < 1.29 is 4.79 Å². The minimum absolute atomic E-state index is 0.151. The average Bonchev–Trinajstić information content (AvgIpc) is 2.84. The van der Waals surface area contributed by atoms with Gasteiger partial charge in [-0.3, -0.25) is 4.79 Å². The molecule has 3 nitrogen and oxygen atoms in total. The number of carbonyl (C=O) groups is 1. The number of hydrogen-bond acceptors (Lipinski definition) is 2. The van der Waals surface area contributed by atoms with E-state index in [-0.39, 0.29) is 11.8 Å². The first-order valence-corrected chi connectivity index (χ1v) is 11.8. The van der Waals surface area contributed by atoms with Gasteiger partial charge in [-0.25, -0.2) is 0 Å². The summed E-state index contributed by atoms with van der Waals surface area (Å²) in [6.45, 7) is 2.71. The fourth-order valence-electron chi connectivity index (χ4n) is 4.66. The van der Waals surface area contributed by atoms with E-state index in [4.69, 9.17) is 0 Å². The summed E-state index contributed by atoms with van der Waals surface area (Å²) in [6, 6.07) is 25.5. The number of aryl methyl sites for hydroxylation is 1. The maximum Gasteiger partial charge on any atom is 0.230 e. The molecular weight excluding hydrogens is 392 g/mol. The Hall–Kier alpha value is -3.07. The molecule has 0 N–H and O–H groups in total. The Balaban J connectivity index is 1.56. The molecule has 0 atom stereocenters. The zero-order chi connectivity index (χ0) is 22.5. The van der Waals surface area contributed by atoms with Crippen molar-refractivity contribution in [2.75, 3.05) is 23.9 Å². The molecule has 0 bridgehead atoms. The maximum absolute atomic E-state index is 13.6. The van der Waals surface area contributed by atoms with Crippen molar-refractivity contribution in [2.45, 2.75) is 45.6 Å². The molecule has 166 valence electrons. The molecule has 0 heterocycles. The SMILES string of the molecule is Cc1ccccc1N(Cc1ccc(-c2ccc(N(C)C)cc2)cc1)C(=O)C1CCCCC1. The molecule has 0 saturated heterocycles. The molecule has 1 saturated carbocycles. The first-order chi connectivity index (χ1) is 15.5.